The van der Waals surface area contributed by atoms with Crippen LogP contribution in [0.2, 0.25) is 0 Å². The summed E-state index contributed by atoms with van der Waals surface area (Å²) in [6.45, 7) is 3.66. The van der Waals surface area contributed by atoms with Crippen molar-refractivity contribution in [3.63, 3.8) is 0 Å². The van der Waals surface area contributed by atoms with Crippen LogP contribution in [0.3, 0.4) is 0 Å². The molecule has 0 atom stereocenters. The van der Waals surface area contributed by atoms with Gasteiger partial charge in [0, 0.05) is 11.6 Å². The van der Waals surface area contributed by atoms with Gasteiger partial charge in [0.25, 0.3) is 5.56 Å². The van der Waals surface area contributed by atoms with E-state index in [4.69, 9.17) is 0 Å². The summed E-state index contributed by atoms with van der Waals surface area (Å²) in [5.74, 6) is -4.21. The second-order valence-corrected chi connectivity index (χ2v) is 4.43. The Balaban J connectivity index is 2.62. The molecule has 0 aliphatic rings. The SMILES string of the molecule is CC(C)c1cc(=O)[nH]c(-c2cc(F)c(F)c(F)c2)n1. The lowest BCUT2D eigenvalue weighted by molar-refractivity contribution is 0.447. The summed E-state index contributed by atoms with van der Waals surface area (Å²) in [7, 11) is 0. The first-order chi connectivity index (χ1) is 8.88. The van der Waals surface area contributed by atoms with Crippen LogP contribution < -0.4 is 5.56 Å². The van der Waals surface area contributed by atoms with Gasteiger partial charge in [0.2, 0.25) is 0 Å². The number of hydrogen-bond donors (Lipinski definition) is 1. The Kier molecular flexibility index (Phi) is 3.42. The van der Waals surface area contributed by atoms with Gasteiger partial charge in [-0.2, -0.15) is 0 Å². The van der Waals surface area contributed by atoms with Crippen molar-refractivity contribution >= 4 is 0 Å². The zero-order chi connectivity index (χ0) is 14.2. The van der Waals surface area contributed by atoms with E-state index in [1.165, 1.54) is 6.07 Å². The summed E-state index contributed by atoms with van der Waals surface area (Å²) in [5.41, 5.74) is 0.0405. The molecule has 1 heterocycles. The first kappa shape index (κ1) is 13.3. The van der Waals surface area contributed by atoms with Crippen molar-refractivity contribution in [1.29, 1.82) is 0 Å². The molecular weight excluding hydrogens is 257 g/mol. The average molecular weight is 268 g/mol. The fourth-order valence-corrected chi connectivity index (χ4v) is 1.60. The minimum Gasteiger partial charge on any atom is -0.307 e. The van der Waals surface area contributed by atoms with Crippen LogP contribution in [0.4, 0.5) is 13.2 Å². The Morgan fingerprint density at radius 3 is 2.21 bits per heavy atom. The van der Waals surface area contributed by atoms with Crippen molar-refractivity contribution in [1.82, 2.24) is 9.97 Å². The predicted molar refractivity (Wildman–Crippen MR) is 64.3 cm³/mol. The summed E-state index contributed by atoms with van der Waals surface area (Å²) >= 11 is 0. The van der Waals surface area contributed by atoms with Crippen LogP contribution in [-0.4, -0.2) is 9.97 Å². The molecule has 0 aliphatic heterocycles. The van der Waals surface area contributed by atoms with Crippen molar-refractivity contribution in [3.05, 3.63) is 51.7 Å². The Morgan fingerprint density at radius 1 is 1.11 bits per heavy atom. The zero-order valence-corrected chi connectivity index (χ0v) is 10.3. The minimum atomic E-state index is -1.55. The molecule has 1 aromatic carbocycles. The van der Waals surface area contributed by atoms with Crippen LogP contribution in [-0.2, 0) is 0 Å². The predicted octanol–water partition coefficient (Wildman–Crippen LogP) is 2.98. The Bertz CT molecular complexity index is 657. The molecule has 0 amide bonds. The van der Waals surface area contributed by atoms with Gasteiger partial charge < -0.3 is 4.98 Å². The number of hydrogen-bond acceptors (Lipinski definition) is 2. The molecule has 0 spiro atoms. The van der Waals surface area contributed by atoms with Crippen LogP contribution in [0.1, 0.15) is 25.5 Å². The number of benzene rings is 1. The molecule has 0 fully saturated rings. The first-order valence-corrected chi connectivity index (χ1v) is 5.64. The molecular formula is C13H11F3N2O. The quantitative estimate of drug-likeness (QED) is 0.851. The molecule has 19 heavy (non-hydrogen) atoms. The maximum absolute atomic E-state index is 13.2. The van der Waals surface area contributed by atoms with E-state index in [0.29, 0.717) is 5.69 Å². The molecule has 2 rings (SSSR count). The van der Waals surface area contributed by atoms with Crippen molar-refractivity contribution in [3.8, 4) is 11.4 Å². The molecule has 0 bridgehead atoms. The topological polar surface area (TPSA) is 45.8 Å². The molecule has 0 radical (unpaired) electrons. The minimum absolute atomic E-state index is 0.00833. The monoisotopic (exact) mass is 268 g/mol. The molecule has 2 aromatic rings. The van der Waals surface area contributed by atoms with E-state index in [0.717, 1.165) is 12.1 Å². The van der Waals surface area contributed by atoms with Gasteiger partial charge >= 0.3 is 0 Å². The molecule has 0 unspecified atom stereocenters. The third-order valence-electron chi connectivity index (χ3n) is 2.61. The van der Waals surface area contributed by atoms with E-state index < -0.39 is 23.0 Å². The summed E-state index contributed by atoms with van der Waals surface area (Å²) in [6.07, 6.45) is 0. The zero-order valence-electron chi connectivity index (χ0n) is 10.3. The highest BCUT2D eigenvalue weighted by molar-refractivity contribution is 5.55. The van der Waals surface area contributed by atoms with Crippen molar-refractivity contribution in [2.24, 2.45) is 0 Å². The molecule has 1 aromatic heterocycles. The Labute approximate surface area is 107 Å². The average Bonchev–Trinajstić information content (AvgIpc) is 2.34. The third kappa shape index (κ3) is 2.67. The van der Waals surface area contributed by atoms with Crippen LogP contribution in [0, 0.1) is 17.5 Å². The fourth-order valence-electron chi connectivity index (χ4n) is 1.60. The van der Waals surface area contributed by atoms with Gasteiger partial charge in [-0.3, -0.25) is 4.79 Å². The van der Waals surface area contributed by atoms with Gasteiger partial charge in [0.15, 0.2) is 17.5 Å². The third-order valence-corrected chi connectivity index (χ3v) is 2.61. The largest absolute Gasteiger partial charge is 0.307 e. The highest BCUT2D eigenvalue weighted by Crippen LogP contribution is 2.21. The van der Waals surface area contributed by atoms with Gasteiger partial charge in [0.05, 0.1) is 5.69 Å². The number of H-pyrrole nitrogens is 1. The number of nitrogens with zero attached hydrogens (tertiary/aromatic N) is 1. The van der Waals surface area contributed by atoms with E-state index >= 15 is 0 Å². The number of aromatic nitrogens is 2. The Morgan fingerprint density at radius 2 is 1.68 bits per heavy atom. The van der Waals surface area contributed by atoms with Crippen molar-refractivity contribution in [2.75, 3.05) is 0 Å². The summed E-state index contributed by atoms with van der Waals surface area (Å²) in [4.78, 5) is 17.9. The second kappa shape index (κ2) is 4.87. The fraction of sp³-hybridized carbons (Fsp3) is 0.231. The number of aromatic amines is 1. The molecule has 1 N–H and O–H groups in total. The number of rotatable bonds is 2. The normalized spacial score (nSPS) is 11.1. The van der Waals surface area contributed by atoms with Crippen molar-refractivity contribution < 1.29 is 13.2 Å². The van der Waals surface area contributed by atoms with Gasteiger partial charge in [-0.15, -0.1) is 0 Å². The molecule has 0 aliphatic carbocycles. The lowest BCUT2D eigenvalue weighted by Gasteiger charge is -2.07. The highest BCUT2D eigenvalue weighted by Gasteiger charge is 2.14. The second-order valence-electron chi connectivity index (χ2n) is 4.43. The molecule has 100 valence electrons. The standard InChI is InChI=1S/C13H11F3N2O/c1-6(2)10-5-11(19)18-13(17-10)7-3-8(14)12(16)9(15)4-7/h3-6H,1-2H3,(H,17,18,19). The van der Waals surface area contributed by atoms with E-state index in [1.54, 1.807) is 0 Å². The van der Waals surface area contributed by atoms with E-state index in [9.17, 15) is 18.0 Å². The van der Waals surface area contributed by atoms with Crippen LogP contribution in [0.5, 0.6) is 0 Å². The summed E-state index contributed by atoms with van der Waals surface area (Å²) in [5, 5.41) is 0. The smallest absolute Gasteiger partial charge is 0.251 e. The van der Waals surface area contributed by atoms with Gasteiger partial charge in [-0.1, -0.05) is 13.8 Å². The maximum atomic E-state index is 13.2. The lowest BCUT2D eigenvalue weighted by Crippen LogP contribution is -2.11. The molecule has 6 heteroatoms. The van der Waals surface area contributed by atoms with Gasteiger partial charge in [-0.25, -0.2) is 18.2 Å². The van der Waals surface area contributed by atoms with E-state index in [1.807, 2.05) is 13.8 Å². The van der Waals surface area contributed by atoms with Crippen LogP contribution in [0.25, 0.3) is 11.4 Å². The van der Waals surface area contributed by atoms with Gasteiger partial charge in [-0.05, 0) is 18.1 Å². The Hall–Kier alpha value is -2.11. The van der Waals surface area contributed by atoms with Gasteiger partial charge in [0.1, 0.15) is 5.82 Å². The number of halogens is 3. The van der Waals surface area contributed by atoms with Crippen LogP contribution >= 0.6 is 0 Å². The highest BCUT2D eigenvalue weighted by atomic mass is 19.2. The van der Waals surface area contributed by atoms with Crippen molar-refractivity contribution in [2.45, 2.75) is 19.8 Å². The number of nitrogens with one attached hydrogen (secondary N) is 1. The lowest BCUT2D eigenvalue weighted by atomic mass is 10.1. The van der Waals surface area contributed by atoms with E-state index in [-0.39, 0.29) is 17.3 Å². The maximum Gasteiger partial charge on any atom is 0.251 e. The summed E-state index contributed by atoms with van der Waals surface area (Å²) in [6, 6.07) is 2.89. The molecule has 3 nitrogen and oxygen atoms in total. The van der Waals surface area contributed by atoms with Crippen LogP contribution in [0.15, 0.2) is 23.0 Å². The van der Waals surface area contributed by atoms with E-state index in [2.05, 4.69) is 9.97 Å². The summed E-state index contributed by atoms with van der Waals surface area (Å²) < 4.78 is 39.2. The first-order valence-electron chi connectivity index (χ1n) is 5.64. The molecule has 0 saturated heterocycles. The molecule has 0 saturated carbocycles.